The highest BCUT2D eigenvalue weighted by atomic mass is 16.5. The average Bonchev–Trinajstić information content (AvgIpc) is 3.16. The van der Waals surface area contributed by atoms with Crippen LogP contribution in [0, 0.1) is 0 Å². The second-order valence-electron chi connectivity index (χ2n) is 6.19. The van der Waals surface area contributed by atoms with Crippen molar-refractivity contribution < 1.29 is 9.26 Å². The molecule has 3 fully saturated rings. The lowest BCUT2D eigenvalue weighted by Crippen LogP contribution is -2.43. The van der Waals surface area contributed by atoms with E-state index in [0.29, 0.717) is 17.8 Å². The van der Waals surface area contributed by atoms with Gasteiger partial charge in [-0.1, -0.05) is 5.16 Å². The first-order valence-corrected chi connectivity index (χ1v) is 8.00. The Morgan fingerprint density at radius 1 is 1.24 bits per heavy atom. The molecule has 2 unspecified atom stereocenters. The van der Waals surface area contributed by atoms with Gasteiger partial charge < -0.3 is 14.6 Å². The molecule has 116 valence electrons. The second-order valence-corrected chi connectivity index (χ2v) is 6.19. The van der Waals surface area contributed by atoms with Crippen molar-refractivity contribution in [2.75, 3.05) is 45.9 Å². The Labute approximate surface area is 124 Å². The van der Waals surface area contributed by atoms with Gasteiger partial charge in [-0.05, 0) is 19.4 Å². The van der Waals surface area contributed by atoms with Crippen LogP contribution < -0.4 is 5.32 Å². The van der Waals surface area contributed by atoms with E-state index in [2.05, 4.69) is 25.3 Å². The Hall–Kier alpha value is -1.02. The SMILES string of the molecule is C1CC2COC(c3noc(CN4CCNCC4)n3)CN2C1. The topological polar surface area (TPSA) is 66.7 Å². The number of nitrogens with one attached hydrogen (secondary N) is 1. The van der Waals surface area contributed by atoms with Crippen molar-refractivity contribution >= 4 is 0 Å². The van der Waals surface area contributed by atoms with Gasteiger partial charge in [-0.15, -0.1) is 0 Å². The molecular weight excluding hydrogens is 270 g/mol. The van der Waals surface area contributed by atoms with Gasteiger partial charge >= 0.3 is 0 Å². The summed E-state index contributed by atoms with van der Waals surface area (Å²) in [6.07, 6.45) is 2.51. The zero-order valence-electron chi connectivity index (χ0n) is 12.3. The van der Waals surface area contributed by atoms with E-state index >= 15 is 0 Å². The Morgan fingerprint density at radius 2 is 2.14 bits per heavy atom. The third kappa shape index (κ3) is 2.96. The Balaban J connectivity index is 1.37. The maximum Gasteiger partial charge on any atom is 0.240 e. The molecule has 0 amide bonds. The quantitative estimate of drug-likeness (QED) is 0.842. The summed E-state index contributed by atoms with van der Waals surface area (Å²) in [6, 6.07) is 0.605. The van der Waals surface area contributed by atoms with E-state index in [4.69, 9.17) is 9.26 Å². The van der Waals surface area contributed by atoms with Crippen LogP contribution in [-0.4, -0.2) is 71.9 Å². The summed E-state index contributed by atoms with van der Waals surface area (Å²) in [5, 5.41) is 7.48. The van der Waals surface area contributed by atoms with Crippen LogP contribution >= 0.6 is 0 Å². The second kappa shape index (κ2) is 6.00. The molecule has 0 bridgehead atoms. The van der Waals surface area contributed by atoms with Gasteiger partial charge in [-0.25, -0.2) is 0 Å². The van der Waals surface area contributed by atoms with Crippen LogP contribution in [0.3, 0.4) is 0 Å². The fraction of sp³-hybridized carbons (Fsp3) is 0.857. The Morgan fingerprint density at radius 3 is 3.05 bits per heavy atom. The smallest absolute Gasteiger partial charge is 0.240 e. The van der Waals surface area contributed by atoms with Gasteiger partial charge in [0.2, 0.25) is 11.7 Å². The zero-order chi connectivity index (χ0) is 14.1. The lowest BCUT2D eigenvalue weighted by molar-refractivity contribution is -0.0548. The monoisotopic (exact) mass is 293 g/mol. The van der Waals surface area contributed by atoms with Gasteiger partial charge in [0, 0.05) is 38.8 Å². The maximum absolute atomic E-state index is 5.93. The van der Waals surface area contributed by atoms with E-state index in [0.717, 1.165) is 45.9 Å². The highest BCUT2D eigenvalue weighted by Crippen LogP contribution is 2.28. The molecule has 7 heteroatoms. The van der Waals surface area contributed by atoms with E-state index < -0.39 is 0 Å². The summed E-state index contributed by atoms with van der Waals surface area (Å²) in [4.78, 5) is 9.39. The summed E-state index contributed by atoms with van der Waals surface area (Å²) >= 11 is 0. The number of piperazine rings is 1. The van der Waals surface area contributed by atoms with E-state index in [1.165, 1.54) is 19.4 Å². The molecule has 1 aromatic rings. The largest absolute Gasteiger partial charge is 0.367 e. The van der Waals surface area contributed by atoms with Gasteiger partial charge in [0.25, 0.3) is 0 Å². The van der Waals surface area contributed by atoms with E-state index in [1.54, 1.807) is 0 Å². The number of hydrogen-bond donors (Lipinski definition) is 1. The number of fused-ring (bicyclic) bond motifs is 1. The average molecular weight is 293 g/mol. The molecule has 0 aliphatic carbocycles. The zero-order valence-corrected chi connectivity index (χ0v) is 12.3. The first-order chi connectivity index (χ1) is 10.4. The fourth-order valence-corrected chi connectivity index (χ4v) is 3.50. The van der Waals surface area contributed by atoms with Gasteiger partial charge in [0.1, 0.15) is 6.10 Å². The number of morpholine rings is 1. The van der Waals surface area contributed by atoms with E-state index in [9.17, 15) is 0 Å². The fourth-order valence-electron chi connectivity index (χ4n) is 3.50. The minimum atomic E-state index is -0.0279. The predicted octanol–water partition coefficient (Wildman–Crippen LogP) is 0.0105. The first kappa shape index (κ1) is 13.6. The van der Waals surface area contributed by atoms with Gasteiger partial charge in [-0.3, -0.25) is 9.80 Å². The summed E-state index contributed by atoms with van der Waals surface area (Å²) in [7, 11) is 0. The predicted molar refractivity (Wildman–Crippen MR) is 75.7 cm³/mol. The molecule has 21 heavy (non-hydrogen) atoms. The van der Waals surface area contributed by atoms with Crippen LogP contribution in [0.4, 0.5) is 0 Å². The van der Waals surface area contributed by atoms with Crippen LogP contribution in [0.2, 0.25) is 0 Å². The third-order valence-electron chi connectivity index (χ3n) is 4.73. The van der Waals surface area contributed by atoms with Crippen molar-refractivity contribution in [3.8, 4) is 0 Å². The molecule has 4 heterocycles. The molecule has 3 aliphatic heterocycles. The molecule has 3 saturated heterocycles. The van der Waals surface area contributed by atoms with Crippen molar-refractivity contribution in [1.29, 1.82) is 0 Å². The number of rotatable bonds is 3. The molecule has 1 aromatic heterocycles. The van der Waals surface area contributed by atoms with E-state index in [-0.39, 0.29) is 6.10 Å². The molecule has 0 radical (unpaired) electrons. The highest BCUT2D eigenvalue weighted by Gasteiger charge is 2.34. The summed E-state index contributed by atoms with van der Waals surface area (Å²) in [6.45, 7) is 7.75. The molecule has 1 N–H and O–H groups in total. The number of ether oxygens (including phenoxy) is 1. The van der Waals surface area contributed by atoms with Crippen LogP contribution in [0.1, 0.15) is 30.7 Å². The highest BCUT2D eigenvalue weighted by molar-refractivity contribution is 4.97. The van der Waals surface area contributed by atoms with Crippen LogP contribution in [-0.2, 0) is 11.3 Å². The van der Waals surface area contributed by atoms with Crippen molar-refractivity contribution in [2.45, 2.75) is 31.5 Å². The molecule has 0 saturated carbocycles. The maximum atomic E-state index is 5.93. The van der Waals surface area contributed by atoms with E-state index in [1.807, 2.05) is 0 Å². The number of hydrogen-bond acceptors (Lipinski definition) is 7. The van der Waals surface area contributed by atoms with Crippen molar-refractivity contribution in [3.63, 3.8) is 0 Å². The summed E-state index contributed by atoms with van der Waals surface area (Å²) < 4.78 is 11.3. The minimum Gasteiger partial charge on any atom is -0.367 e. The van der Waals surface area contributed by atoms with Crippen molar-refractivity contribution in [1.82, 2.24) is 25.3 Å². The number of nitrogens with zero attached hydrogens (tertiary/aromatic N) is 4. The van der Waals surface area contributed by atoms with Crippen LogP contribution in [0.5, 0.6) is 0 Å². The number of aromatic nitrogens is 2. The Kier molecular flexibility index (Phi) is 3.89. The molecule has 0 spiro atoms. The lowest BCUT2D eigenvalue weighted by Gasteiger charge is -2.33. The van der Waals surface area contributed by atoms with Gasteiger partial charge in [0.05, 0.1) is 13.2 Å². The van der Waals surface area contributed by atoms with Crippen molar-refractivity contribution in [2.24, 2.45) is 0 Å². The molecule has 4 rings (SSSR count). The molecule has 7 nitrogen and oxygen atoms in total. The molecule has 0 aromatic carbocycles. The molecular formula is C14H23N5O2. The van der Waals surface area contributed by atoms with Crippen molar-refractivity contribution in [3.05, 3.63) is 11.7 Å². The third-order valence-corrected chi connectivity index (χ3v) is 4.73. The van der Waals surface area contributed by atoms with Gasteiger partial charge in [0.15, 0.2) is 0 Å². The van der Waals surface area contributed by atoms with Gasteiger partial charge in [-0.2, -0.15) is 4.98 Å². The Bertz CT molecular complexity index is 474. The normalized spacial score (nSPS) is 31.4. The summed E-state index contributed by atoms with van der Waals surface area (Å²) in [5.74, 6) is 1.42. The molecule has 3 aliphatic rings. The van der Waals surface area contributed by atoms with Crippen LogP contribution in [0.15, 0.2) is 4.52 Å². The lowest BCUT2D eigenvalue weighted by atomic mass is 10.2. The summed E-state index contributed by atoms with van der Waals surface area (Å²) in [5.41, 5.74) is 0. The minimum absolute atomic E-state index is 0.0279. The standard InChI is InChI=1S/C14H23N5O2/c1-2-11-10-20-12(8-19(11)5-1)14-16-13(21-17-14)9-18-6-3-15-4-7-18/h11-12,15H,1-10H2. The first-order valence-electron chi connectivity index (χ1n) is 8.00. The molecule has 2 atom stereocenters. The van der Waals surface area contributed by atoms with Crippen LogP contribution in [0.25, 0.3) is 0 Å².